The van der Waals surface area contributed by atoms with E-state index in [1.807, 2.05) is 13.1 Å². The number of nitrogens with zero attached hydrogens (tertiary/aromatic N) is 3. The van der Waals surface area contributed by atoms with Gasteiger partial charge in [0.15, 0.2) is 0 Å². The minimum Gasteiger partial charge on any atom is -0.351 e. The van der Waals surface area contributed by atoms with E-state index in [2.05, 4.69) is 28.0 Å². The highest BCUT2D eigenvalue weighted by Gasteiger charge is 2.14. The number of hydrogen-bond acceptors (Lipinski definition) is 3. The summed E-state index contributed by atoms with van der Waals surface area (Å²) in [6.45, 7) is 1.84. The number of benzene rings is 1. The van der Waals surface area contributed by atoms with Crippen LogP contribution in [0.4, 0.5) is 11.4 Å². The predicted octanol–water partition coefficient (Wildman–Crippen LogP) is 4.96. The predicted molar refractivity (Wildman–Crippen MR) is 91.6 cm³/mol. The van der Waals surface area contributed by atoms with E-state index >= 15 is 0 Å². The molecule has 1 aliphatic carbocycles. The molecule has 5 heteroatoms. The first kappa shape index (κ1) is 15.5. The zero-order chi connectivity index (χ0) is 16.2. The van der Waals surface area contributed by atoms with Crippen LogP contribution >= 0.6 is 0 Å². The third-order valence-corrected chi connectivity index (χ3v) is 4.48. The maximum absolute atomic E-state index is 10.8. The standard InChI is InChI=1S/C18H21N3O2/c1-14-11-17(21(22)23)7-8-18(14)19-12-15-9-10-20(13-15)16-5-3-2-4-6-16/h7-13,16H,2-6H2,1H3. The molecule has 0 unspecified atom stereocenters. The van der Waals surface area contributed by atoms with E-state index in [1.54, 1.807) is 12.1 Å². The highest BCUT2D eigenvalue weighted by Crippen LogP contribution is 2.28. The summed E-state index contributed by atoms with van der Waals surface area (Å²) in [5.74, 6) is 0. The van der Waals surface area contributed by atoms with E-state index in [1.165, 1.54) is 38.2 Å². The highest BCUT2D eigenvalue weighted by atomic mass is 16.6. The molecule has 1 fully saturated rings. The molecule has 0 N–H and O–H groups in total. The van der Waals surface area contributed by atoms with Crippen molar-refractivity contribution >= 4 is 17.6 Å². The molecular formula is C18H21N3O2. The van der Waals surface area contributed by atoms with Crippen LogP contribution in [-0.4, -0.2) is 15.7 Å². The minimum atomic E-state index is -0.384. The van der Waals surface area contributed by atoms with Crippen molar-refractivity contribution in [2.75, 3.05) is 0 Å². The van der Waals surface area contributed by atoms with Gasteiger partial charge in [-0.25, -0.2) is 0 Å². The molecule has 120 valence electrons. The fraction of sp³-hybridized carbons (Fsp3) is 0.389. The quantitative estimate of drug-likeness (QED) is 0.455. The summed E-state index contributed by atoms with van der Waals surface area (Å²) in [5, 5.41) is 10.8. The Hall–Kier alpha value is -2.43. The van der Waals surface area contributed by atoms with Gasteiger partial charge < -0.3 is 4.57 Å². The molecule has 0 saturated heterocycles. The molecule has 0 bridgehead atoms. The normalized spacial score (nSPS) is 16.0. The van der Waals surface area contributed by atoms with E-state index in [9.17, 15) is 10.1 Å². The second kappa shape index (κ2) is 6.77. The number of aryl methyl sites for hydroxylation is 1. The van der Waals surface area contributed by atoms with Crippen LogP contribution in [0.25, 0.3) is 0 Å². The van der Waals surface area contributed by atoms with Gasteiger partial charge in [-0.15, -0.1) is 0 Å². The van der Waals surface area contributed by atoms with Crippen molar-refractivity contribution in [3.8, 4) is 0 Å². The van der Waals surface area contributed by atoms with Crippen LogP contribution in [0.5, 0.6) is 0 Å². The van der Waals surface area contributed by atoms with Crippen molar-refractivity contribution in [1.82, 2.24) is 4.57 Å². The fourth-order valence-electron chi connectivity index (χ4n) is 3.16. The Morgan fingerprint density at radius 2 is 2.04 bits per heavy atom. The first-order valence-electron chi connectivity index (χ1n) is 8.10. The van der Waals surface area contributed by atoms with Gasteiger partial charge in [0, 0.05) is 42.3 Å². The summed E-state index contributed by atoms with van der Waals surface area (Å²) in [5.41, 5.74) is 2.74. The molecule has 0 spiro atoms. The van der Waals surface area contributed by atoms with Gasteiger partial charge in [-0.05, 0) is 37.5 Å². The molecule has 1 aromatic carbocycles. The molecule has 1 saturated carbocycles. The molecule has 0 radical (unpaired) electrons. The summed E-state index contributed by atoms with van der Waals surface area (Å²) in [6.07, 6.45) is 12.6. The van der Waals surface area contributed by atoms with Gasteiger partial charge in [0.2, 0.25) is 0 Å². The Balaban J connectivity index is 1.73. The molecular weight excluding hydrogens is 290 g/mol. The lowest BCUT2D eigenvalue weighted by atomic mass is 9.95. The summed E-state index contributed by atoms with van der Waals surface area (Å²) >= 11 is 0. The SMILES string of the molecule is Cc1cc([N+](=O)[O-])ccc1N=Cc1ccn(C2CCCCC2)c1. The number of aliphatic imine (C=N–C) groups is 1. The summed E-state index contributed by atoms with van der Waals surface area (Å²) in [6, 6.07) is 7.43. The van der Waals surface area contributed by atoms with Crippen molar-refractivity contribution in [2.45, 2.75) is 45.1 Å². The first-order valence-corrected chi connectivity index (χ1v) is 8.10. The van der Waals surface area contributed by atoms with Gasteiger partial charge in [0.1, 0.15) is 0 Å². The third-order valence-electron chi connectivity index (χ3n) is 4.48. The van der Waals surface area contributed by atoms with Crippen molar-refractivity contribution in [3.05, 3.63) is 57.9 Å². The summed E-state index contributed by atoms with van der Waals surface area (Å²) < 4.78 is 2.29. The Labute approximate surface area is 135 Å². The zero-order valence-corrected chi connectivity index (χ0v) is 13.3. The third kappa shape index (κ3) is 3.67. The molecule has 23 heavy (non-hydrogen) atoms. The maximum Gasteiger partial charge on any atom is 0.269 e. The molecule has 1 heterocycles. The van der Waals surface area contributed by atoms with Gasteiger partial charge in [-0.3, -0.25) is 15.1 Å². The van der Waals surface area contributed by atoms with Gasteiger partial charge in [-0.1, -0.05) is 19.3 Å². The van der Waals surface area contributed by atoms with Gasteiger partial charge in [-0.2, -0.15) is 0 Å². The van der Waals surface area contributed by atoms with E-state index in [0.29, 0.717) is 6.04 Å². The molecule has 1 aliphatic rings. The lowest BCUT2D eigenvalue weighted by Crippen LogP contribution is -2.10. The topological polar surface area (TPSA) is 60.4 Å². The monoisotopic (exact) mass is 311 g/mol. The molecule has 1 aromatic heterocycles. The van der Waals surface area contributed by atoms with Crippen LogP contribution in [-0.2, 0) is 0 Å². The molecule has 0 aliphatic heterocycles. The van der Waals surface area contributed by atoms with E-state index in [-0.39, 0.29) is 10.6 Å². The smallest absolute Gasteiger partial charge is 0.269 e. The first-order chi connectivity index (χ1) is 11.1. The number of nitro benzene ring substituents is 1. The Kier molecular flexibility index (Phi) is 4.55. The molecule has 5 nitrogen and oxygen atoms in total. The highest BCUT2D eigenvalue weighted by molar-refractivity contribution is 5.82. The molecule has 0 amide bonds. The molecule has 0 atom stereocenters. The van der Waals surface area contributed by atoms with E-state index < -0.39 is 0 Å². The van der Waals surface area contributed by atoms with Crippen LogP contribution in [0.1, 0.15) is 49.3 Å². The number of hydrogen-bond donors (Lipinski definition) is 0. The Morgan fingerprint density at radius 1 is 1.26 bits per heavy atom. The fourth-order valence-corrected chi connectivity index (χ4v) is 3.16. The lowest BCUT2D eigenvalue weighted by Gasteiger charge is -2.23. The minimum absolute atomic E-state index is 0.102. The average Bonchev–Trinajstić information content (AvgIpc) is 3.03. The Morgan fingerprint density at radius 3 is 2.74 bits per heavy atom. The number of aromatic nitrogens is 1. The zero-order valence-electron chi connectivity index (χ0n) is 13.3. The van der Waals surface area contributed by atoms with Gasteiger partial charge >= 0.3 is 0 Å². The van der Waals surface area contributed by atoms with Crippen LogP contribution in [0.15, 0.2) is 41.7 Å². The average molecular weight is 311 g/mol. The van der Waals surface area contributed by atoms with Crippen molar-refractivity contribution in [3.63, 3.8) is 0 Å². The van der Waals surface area contributed by atoms with Gasteiger partial charge in [0.25, 0.3) is 5.69 Å². The van der Waals surface area contributed by atoms with Crippen LogP contribution < -0.4 is 0 Å². The van der Waals surface area contributed by atoms with Crippen molar-refractivity contribution in [1.29, 1.82) is 0 Å². The summed E-state index contributed by atoms with van der Waals surface area (Å²) in [4.78, 5) is 14.9. The largest absolute Gasteiger partial charge is 0.351 e. The number of non-ortho nitro benzene ring substituents is 1. The van der Waals surface area contributed by atoms with E-state index in [4.69, 9.17) is 0 Å². The van der Waals surface area contributed by atoms with Crippen LogP contribution in [0.2, 0.25) is 0 Å². The lowest BCUT2D eigenvalue weighted by molar-refractivity contribution is -0.384. The van der Waals surface area contributed by atoms with E-state index in [0.717, 1.165) is 16.8 Å². The van der Waals surface area contributed by atoms with Crippen molar-refractivity contribution in [2.24, 2.45) is 4.99 Å². The number of rotatable bonds is 4. The van der Waals surface area contributed by atoms with Crippen molar-refractivity contribution < 1.29 is 4.92 Å². The van der Waals surface area contributed by atoms with Gasteiger partial charge in [0.05, 0.1) is 10.6 Å². The molecule has 2 aromatic rings. The van der Waals surface area contributed by atoms with Crippen LogP contribution in [0, 0.1) is 17.0 Å². The number of nitro groups is 1. The second-order valence-electron chi connectivity index (χ2n) is 6.17. The summed E-state index contributed by atoms with van der Waals surface area (Å²) in [7, 11) is 0. The second-order valence-corrected chi connectivity index (χ2v) is 6.17. The molecule has 3 rings (SSSR count). The van der Waals surface area contributed by atoms with Crippen LogP contribution in [0.3, 0.4) is 0 Å². The Bertz CT molecular complexity index is 728. The maximum atomic E-state index is 10.8.